The highest BCUT2D eigenvalue weighted by Gasteiger charge is 2.50. The van der Waals surface area contributed by atoms with Gasteiger partial charge in [0, 0.05) is 18.2 Å². The van der Waals surface area contributed by atoms with Gasteiger partial charge in [0.05, 0.1) is 41.9 Å². The van der Waals surface area contributed by atoms with E-state index in [1.807, 2.05) is 94.4 Å². The number of amides is 4. The van der Waals surface area contributed by atoms with Crippen molar-refractivity contribution < 1.29 is 65.2 Å². The van der Waals surface area contributed by atoms with Gasteiger partial charge in [0.2, 0.25) is 17.7 Å². The zero-order valence-corrected chi connectivity index (χ0v) is 44.8. The third-order valence-electron chi connectivity index (χ3n) is 12.3. The Kier molecular flexibility index (Phi) is 23.2. The maximum absolute atomic E-state index is 14.5. The zero-order chi connectivity index (χ0) is 54.6. The van der Waals surface area contributed by atoms with E-state index in [1.165, 1.54) is 0 Å². The number of ketones is 1. The molecule has 2 heterocycles. The third kappa shape index (κ3) is 21.0. The van der Waals surface area contributed by atoms with E-state index in [2.05, 4.69) is 27.2 Å². The lowest BCUT2D eigenvalue weighted by Crippen LogP contribution is -2.61. The number of aryl methyl sites for hydroxylation is 1. The van der Waals surface area contributed by atoms with Crippen LogP contribution < -0.4 is 30.7 Å². The normalized spacial score (nSPS) is 17.5. The number of esters is 1. The van der Waals surface area contributed by atoms with Crippen molar-refractivity contribution in [2.24, 2.45) is 17.8 Å². The Morgan fingerprint density at radius 3 is 1.82 bits per heavy atom. The molecular formula is C55H75N5O13S. The molecule has 0 spiro atoms. The summed E-state index contributed by atoms with van der Waals surface area (Å²) in [6.07, 6.45) is 7.56. The zero-order valence-electron chi connectivity index (χ0n) is 44.0. The fraction of sp³-hybridized carbons (Fsp3) is 0.527. The predicted octanol–water partition coefficient (Wildman–Crippen LogP) is 4.03. The Bertz CT molecular complexity index is 2500. The topological polar surface area (TPSA) is 248 Å². The van der Waals surface area contributed by atoms with Gasteiger partial charge in [-0.15, -0.1) is 6.42 Å². The van der Waals surface area contributed by atoms with Gasteiger partial charge in [-0.3, -0.25) is 28.8 Å². The first kappa shape index (κ1) is 60.4. The fourth-order valence-corrected chi connectivity index (χ4v) is 8.35. The minimum absolute atomic E-state index is 0.0148. The number of nitrogens with one attached hydrogen (secondary N) is 4. The van der Waals surface area contributed by atoms with Crippen LogP contribution in [-0.2, 0) is 67.7 Å². The van der Waals surface area contributed by atoms with E-state index >= 15 is 0 Å². The van der Waals surface area contributed by atoms with Gasteiger partial charge in [-0.2, -0.15) is 0 Å². The summed E-state index contributed by atoms with van der Waals surface area (Å²) in [5.74, 6) is 0.0283. The standard InChI is InChI=1S/C54H71N5O10.CH4O3S/c1-9-26-67-47-32-41(21-23-46(47)69-53(65)38(6)7)33-59(24-27-66-28-25-59)34-48(60)55-42(22-20-39-16-12-10-13-17-39)50(62)57-44(30-37(4)5)51(63)58-45(31-40-18-14-11-15-19-40)52(64)56-43(29-36(2)3)49(61)54(8)35-68-54;1-5(2,3)4/h1,10-19,21,23,32,36-38,42-45H,20,22,24-31,33-35H2,2-8H3,(H3-,55,56,57,58,60,62,63,64);1H3,(H,2,3,4)/t42-,43-,44-,45-,54+;/m0./s1. The number of Topliss-reactive ketones (excluding diaryl/α,β-unsaturated/α-hetero) is 1. The number of carbonyl (C=O) groups is 6. The van der Waals surface area contributed by atoms with Crippen LogP contribution in [0.4, 0.5) is 0 Å². The largest absolute Gasteiger partial charge is 0.748 e. The van der Waals surface area contributed by atoms with E-state index < -0.39 is 63.6 Å². The molecule has 4 N–H and O–H groups in total. The lowest BCUT2D eigenvalue weighted by atomic mass is 9.93. The molecule has 18 nitrogen and oxygen atoms in total. The Labute approximate surface area is 436 Å². The lowest BCUT2D eigenvalue weighted by molar-refractivity contribution is -0.940. The Balaban J connectivity index is 0.00000226. The van der Waals surface area contributed by atoms with Gasteiger partial charge >= 0.3 is 5.97 Å². The van der Waals surface area contributed by atoms with Crippen LogP contribution in [0.1, 0.15) is 84.4 Å². The Morgan fingerprint density at radius 2 is 1.27 bits per heavy atom. The number of epoxide rings is 1. The molecule has 5 rings (SSSR count). The minimum atomic E-state index is -3.92. The molecule has 404 valence electrons. The maximum atomic E-state index is 14.5. The molecule has 0 unspecified atom stereocenters. The smallest absolute Gasteiger partial charge is 0.313 e. The third-order valence-corrected chi connectivity index (χ3v) is 12.3. The molecule has 0 aromatic heterocycles. The number of ether oxygens (including phenoxy) is 4. The average Bonchev–Trinajstić information content (AvgIpc) is 4.09. The van der Waals surface area contributed by atoms with Gasteiger partial charge in [-0.25, -0.2) is 8.42 Å². The van der Waals surface area contributed by atoms with Crippen molar-refractivity contribution >= 4 is 45.5 Å². The van der Waals surface area contributed by atoms with Crippen molar-refractivity contribution in [2.75, 3.05) is 52.3 Å². The summed E-state index contributed by atoms with van der Waals surface area (Å²) in [5.41, 5.74) is 1.61. The predicted molar refractivity (Wildman–Crippen MR) is 277 cm³/mol. The summed E-state index contributed by atoms with van der Waals surface area (Å²) in [5, 5.41) is 11.8. The number of rotatable bonds is 26. The molecule has 2 fully saturated rings. The number of quaternary nitrogens is 1. The van der Waals surface area contributed by atoms with Crippen molar-refractivity contribution in [3.8, 4) is 23.8 Å². The molecule has 3 aromatic rings. The number of terminal acetylenes is 1. The summed E-state index contributed by atoms with van der Waals surface area (Å²) in [6.45, 7) is 15.5. The van der Waals surface area contributed by atoms with E-state index in [0.29, 0.717) is 62.2 Å². The number of carbonyl (C=O) groups excluding carboxylic acids is 6. The van der Waals surface area contributed by atoms with Crippen LogP contribution in [0.15, 0.2) is 78.9 Å². The molecular weight excluding hydrogens is 971 g/mol. The summed E-state index contributed by atoms with van der Waals surface area (Å²) in [7, 11) is -3.92. The first-order valence-electron chi connectivity index (χ1n) is 25.1. The van der Waals surface area contributed by atoms with Crippen molar-refractivity contribution in [1.82, 2.24) is 21.3 Å². The van der Waals surface area contributed by atoms with E-state index in [1.54, 1.807) is 32.9 Å². The van der Waals surface area contributed by atoms with Crippen molar-refractivity contribution in [3.63, 3.8) is 0 Å². The van der Waals surface area contributed by atoms with E-state index in [0.717, 1.165) is 16.7 Å². The molecule has 2 aliphatic rings. The second-order valence-corrected chi connectivity index (χ2v) is 21.8. The molecule has 0 radical (unpaired) electrons. The first-order chi connectivity index (χ1) is 34.9. The van der Waals surface area contributed by atoms with Crippen LogP contribution in [-0.4, -0.2) is 135 Å². The monoisotopic (exact) mass is 1050 g/mol. The van der Waals surface area contributed by atoms with Gasteiger partial charge in [0.1, 0.15) is 50.0 Å². The second-order valence-electron chi connectivity index (χ2n) is 20.4. The molecule has 0 bridgehead atoms. The Hall–Kier alpha value is -6.17. The number of benzene rings is 3. The molecule has 0 aliphatic carbocycles. The summed E-state index contributed by atoms with van der Waals surface area (Å²) in [4.78, 5) is 83.5. The average molecular weight is 1050 g/mol. The number of morpholine rings is 1. The maximum Gasteiger partial charge on any atom is 0.313 e. The molecule has 0 saturated carbocycles. The van der Waals surface area contributed by atoms with E-state index in [9.17, 15) is 28.8 Å². The van der Waals surface area contributed by atoms with Gasteiger partial charge in [0.15, 0.2) is 23.8 Å². The number of hydrogen-bond donors (Lipinski definition) is 4. The molecule has 2 saturated heterocycles. The van der Waals surface area contributed by atoms with Crippen LogP contribution in [0.5, 0.6) is 11.5 Å². The van der Waals surface area contributed by atoms with Gasteiger partial charge in [-0.1, -0.05) is 108 Å². The van der Waals surface area contributed by atoms with Crippen LogP contribution in [0.25, 0.3) is 0 Å². The number of nitrogens with zero attached hydrogens (tertiary/aromatic N) is 1. The van der Waals surface area contributed by atoms with Crippen molar-refractivity contribution in [1.29, 1.82) is 0 Å². The molecule has 19 heteroatoms. The molecule has 2 aliphatic heterocycles. The van der Waals surface area contributed by atoms with E-state index in [-0.39, 0.29) is 74.2 Å². The van der Waals surface area contributed by atoms with Gasteiger partial charge in [0.25, 0.3) is 5.91 Å². The fourth-order valence-electron chi connectivity index (χ4n) is 8.35. The molecule has 74 heavy (non-hydrogen) atoms. The van der Waals surface area contributed by atoms with Gasteiger partial charge < -0.3 is 49.3 Å². The first-order valence-corrected chi connectivity index (χ1v) is 26.9. The molecule has 5 atom stereocenters. The molecule has 4 amide bonds. The second kappa shape index (κ2) is 28.5. The quantitative estimate of drug-likeness (QED) is 0.0222. The summed E-state index contributed by atoms with van der Waals surface area (Å²) >= 11 is 0. The van der Waals surface area contributed by atoms with Crippen molar-refractivity contribution in [3.05, 3.63) is 95.6 Å². The van der Waals surface area contributed by atoms with Crippen LogP contribution in [0, 0.1) is 30.1 Å². The van der Waals surface area contributed by atoms with E-state index in [4.69, 9.17) is 38.3 Å². The number of hydrogen-bond acceptors (Lipinski definition) is 13. The molecule has 3 aromatic carbocycles. The summed E-state index contributed by atoms with van der Waals surface area (Å²) in [6, 6.07) is 20.1. The Morgan fingerprint density at radius 1 is 0.743 bits per heavy atom. The van der Waals surface area contributed by atoms with Crippen molar-refractivity contribution in [2.45, 2.75) is 117 Å². The van der Waals surface area contributed by atoms with Crippen LogP contribution >= 0.6 is 0 Å². The van der Waals surface area contributed by atoms with Crippen LogP contribution in [0.2, 0.25) is 0 Å². The highest BCUT2D eigenvalue weighted by molar-refractivity contribution is 7.84. The minimum Gasteiger partial charge on any atom is -0.748 e. The summed E-state index contributed by atoms with van der Waals surface area (Å²) < 4.78 is 50.1. The van der Waals surface area contributed by atoms with Crippen LogP contribution in [0.3, 0.4) is 0 Å². The highest BCUT2D eigenvalue weighted by Crippen LogP contribution is 2.32. The SMILES string of the molecule is C#CCOc1cc(C[N+]2(CC(=O)N[C@@H](CCc3ccccc3)C(=O)N[C@@H](CC(C)C)C(=O)N[C@@H](Cc3ccccc3)C(=O)N[C@@H](CC(C)C)C(=O)[C@@]3(C)CO3)CCOCC2)ccc1OC(=O)C(C)C.CS(=O)(=O)[O-]. The van der Waals surface area contributed by atoms with Gasteiger partial charge in [-0.05, 0) is 73.8 Å². The lowest BCUT2D eigenvalue weighted by Gasteiger charge is -2.41. The highest BCUT2D eigenvalue weighted by atomic mass is 32.2.